The molecule has 0 radical (unpaired) electrons. The molecule has 2 amide bonds. The molecule has 3 rings (SSSR count). The summed E-state index contributed by atoms with van der Waals surface area (Å²) in [7, 11) is 0. The number of rotatable bonds is 6. The van der Waals surface area contributed by atoms with Crippen LogP contribution in [0.3, 0.4) is 0 Å². The van der Waals surface area contributed by atoms with Crippen LogP contribution in [0.2, 0.25) is 0 Å². The number of nitrogens with zero attached hydrogens (tertiary/aromatic N) is 1. The van der Waals surface area contributed by atoms with E-state index in [9.17, 15) is 9.59 Å². The number of pyridine rings is 1. The van der Waals surface area contributed by atoms with Crippen LogP contribution in [0.1, 0.15) is 40.6 Å². The lowest BCUT2D eigenvalue weighted by Crippen LogP contribution is -2.26. The third kappa shape index (κ3) is 4.10. The van der Waals surface area contributed by atoms with E-state index in [0.717, 1.165) is 18.6 Å². The van der Waals surface area contributed by atoms with Crippen LogP contribution >= 0.6 is 0 Å². The van der Waals surface area contributed by atoms with Gasteiger partial charge in [-0.3, -0.25) is 14.6 Å². The molecule has 124 valence electrons. The highest BCUT2D eigenvalue weighted by Gasteiger charge is 2.24. The smallest absolute Gasteiger partial charge is 0.274 e. The Labute approximate surface area is 140 Å². The first-order valence-corrected chi connectivity index (χ1v) is 7.97. The summed E-state index contributed by atoms with van der Waals surface area (Å²) in [6, 6.07) is 10.5. The maximum atomic E-state index is 12.3. The van der Waals surface area contributed by atoms with Gasteiger partial charge in [0.15, 0.2) is 0 Å². The van der Waals surface area contributed by atoms with Gasteiger partial charge < -0.3 is 15.4 Å². The van der Waals surface area contributed by atoms with Crippen LogP contribution in [0.15, 0.2) is 42.6 Å². The predicted molar refractivity (Wildman–Crippen MR) is 90.3 cm³/mol. The second-order valence-electron chi connectivity index (χ2n) is 5.59. The number of carbonyl (C=O) groups is 2. The van der Waals surface area contributed by atoms with Crippen molar-refractivity contribution in [2.24, 2.45) is 0 Å². The molecule has 1 aliphatic carbocycles. The zero-order valence-electron chi connectivity index (χ0n) is 13.4. The Morgan fingerprint density at radius 3 is 2.58 bits per heavy atom. The fourth-order valence-electron chi connectivity index (χ4n) is 2.19. The van der Waals surface area contributed by atoms with Gasteiger partial charge in [-0.1, -0.05) is 0 Å². The fraction of sp³-hybridized carbons (Fsp3) is 0.278. The molecule has 0 atom stereocenters. The van der Waals surface area contributed by atoms with Crippen molar-refractivity contribution in [2.45, 2.75) is 25.8 Å². The number of amides is 2. The predicted octanol–water partition coefficient (Wildman–Crippen LogP) is 2.62. The first-order chi connectivity index (χ1) is 11.7. The number of benzene rings is 1. The summed E-state index contributed by atoms with van der Waals surface area (Å²) >= 11 is 0. The molecule has 1 heterocycles. The van der Waals surface area contributed by atoms with Crippen LogP contribution in [0.5, 0.6) is 5.75 Å². The summed E-state index contributed by atoms with van der Waals surface area (Å²) in [6.07, 6.45) is 3.50. The molecule has 2 N–H and O–H groups in total. The van der Waals surface area contributed by atoms with E-state index in [-0.39, 0.29) is 23.6 Å². The van der Waals surface area contributed by atoms with E-state index < -0.39 is 0 Å². The molecule has 6 heteroatoms. The van der Waals surface area contributed by atoms with E-state index in [4.69, 9.17) is 4.74 Å². The Morgan fingerprint density at radius 2 is 1.92 bits per heavy atom. The highest BCUT2D eigenvalue weighted by atomic mass is 16.5. The number of aromatic nitrogens is 1. The average Bonchev–Trinajstić information content (AvgIpc) is 3.41. The van der Waals surface area contributed by atoms with Gasteiger partial charge in [0.2, 0.25) is 0 Å². The first-order valence-electron chi connectivity index (χ1n) is 7.97. The van der Waals surface area contributed by atoms with Crippen molar-refractivity contribution in [1.29, 1.82) is 0 Å². The molecule has 6 nitrogen and oxygen atoms in total. The zero-order valence-corrected chi connectivity index (χ0v) is 13.4. The Bertz CT molecular complexity index is 739. The Morgan fingerprint density at radius 1 is 1.17 bits per heavy atom. The lowest BCUT2D eigenvalue weighted by Gasteiger charge is -2.08. The molecule has 0 saturated heterocycles. The molecule has 1 fully saturated rings. The molecule has 0 aliphatic heterocycles. The van der Waals surface area contributed by atoms with Gasteiger partial charge in [0.25, 0.3) is 11.8 Å². The van der Waals surface area contributed by atoms with E-state index in [2.05, 4.69) is 15.6 Å². The molecular formula is C18H19N3O3. The van der Waals surface area contributed by atoms with E-state index >= 15 is 0 Å². The lowest BCUT2D eigenvalue weighted by atomic mass is 10.2. The number of nitrogens with one attached hydrogen (secondary N) is 2. The number of hydrogen-bond donors (Lipinski definition) is 2. The first kappa shape index (κ1) is 16.0. The van der Waals surface area contributed by atoms with Crippen molar-refractivity contribution >= 4 is 17.5 Å². The van der Waals surface area contributed by atoms with Crippen LogP contribution in [0, 0.1) is 0 Å². The van der Waals surface area contributed by atoms with Gasteiger partial charge >= 0.3 is 0 Å². The number of ether oxygens (including phenoxy) is 1. The summed E-state index contributed by atoms with van der Waals surface area (Å²) in [5, 5.41) is 5.65. The molecule has 2 aromatic rings. The van der Waals surface area contributed by atoms with Crippen molar-refractivity contribution < 1.29 is 14.3 Å². The highest BCUT2D eigenvalue weighted by Crippen LogP contribution is 2.19. The van der Waals surface area contributed by atoms with Crippen LogP contribution in [-0.4, -0.2) is 29.4 Å². The van der Waals surface area contributed by atoms with Crippen LogP contribution in [-0.2, 0) is 0 Å². The van der Waals surface area contributed by atoms with Gasteiger partial charge in [0.1, 0.15) is 11.4 Å². The van der Waals surface area contributed by atoms with Crippen molar-refractivity contribution in [3.63, 3.8) is 0 Å². The maximum absolute atomic E-state index is 12.3. The average molecular weight is 325 g/mol. The number of anilines is 1. The topological polar surface area (TPSA) is 80.3 Å². The van der Waals surface area contributed by atoms with E-state index in [1.165, 1.54) is 12.3 Å². The van der Waals surface area contributed by atoms with Gasteiger partial charge in [-0.2, -0.15) is 0 Å². The van der Waals surface area contributed by atoms with Gasteiger partial charge in [-0.15, -0.1) is 0 Å². The van der Waals surface area contributed by atoms with Crippen LogP contribution in [0.4, 0.5) is 5.69 Å². The minimum Gasteiger partial charge on any atom is -0.494 e. The van der Waals surface area contributed by atoms with Gasteiger partial charge in [0.05, 0.1) is 6.61 Å². The standard InChI is InChI=1S/C18H19N3O3/c1-2-24-15-7-5-14(6-8-15)21-18(23)16-11-12(9-10-19-16)17(22)20-13-3-4-13/h5-11,13H,2-4H2,1H3,(H,20,22)(H,21,23). The second-order valence-corrected chi connectivity index (χ2v) is 5.59. The Balaban J connectivity index is 1.66. The number of carbonyl (C=O) groups excluding carboxylic acids is 2. The minimum atomic E-state index is -0.361. The second kappa shape index (κ2) is 7.12. The van der Waals surface area contributed by atoms with Crippen molar-refractivity contribution in [3.8, 4) is 5.75 Å². The molecule has 0 bridgehead atoms. The fourth-order valence-corrected chi connectivity index (χ4v) is 2.19. The van der Waals surface area contributed by atoms with E-state index in [0.29, 0.717) is 17.9 Å². The molecule has 0 spiro atoms. The van der Waals surface area contributed by atoms with E-state index in [1.807, 2.05) is 6.92 Å². The third-order valence-corrected chi connectivity index (χ3v) is 3.59. The van der Waals surface area contributed by atoms with Crippen LogP contribution in [0.25, 0.3) is 0 Å². The summed E-state index contributed by atoms with van der Waals surface area (Å²) in [6.45, 7) is 2.50. The SMILES string of the molecule is CCOc1ccc(NC(=O)c2cc(C(=O)NC3CC3)ccn2)cc1. The van der Waals surface area contributed by atoms with Crippen molar-refractivity contribution in [1.82, 2.24) is 10.3 Å². The quantitative estimate of drug-likeness (QED) is 0.855. The Hall–Kier alpha value is -2.89. The molecule has 1 saturated carbocycles. The normalized spacial score (nSPS) is 13.2. The lowest BCUT2D eigenvalue weighted by molar-refractivity contribution is 0.0951. The summed E-state index contributed by atoms with van der Waals surface area (Å²) in [4.78, 5) is 28.4. The van der Waals surface area contributed by atoms with E-state index in [1.54, 1.807) is 30.3 Å². The summed E-state index contributed by atoms with van der Waals surface area (Å²) in [5.41, 5.74) is 1.28. The molecule has 1 aromatic heterocycles. The summed E-state index contributed by atoms with van der Waals surface area (Å²) in [5.74, 6) is 0.211. The monoisotopic (exact) mass is 325 g/mol. The minimum absolute atomic E-state index is 0.171. The largest absolute Gasteiger partial charge is 0.494 e. The van der Waals surface area contributed by atoms with Gasteiger partial charge in [-0.25, -0.2) is 0 Å². The molecule has 1 aromatic carbocycles. The molecular weight excluding hydrogens is 306 g/mol. The zero-order chi connectivity index (χ0) is 16.9. The third-order valence-electron chi connectivity index (χ3n) is 3.59. The molecule has 0 unspecified atom stereocenters. The highest BCUT2D eigenvalue weighted by molar-refractivity contribution is 6.04. The molecule has 24 heavy (non-hydrogen) atoms. The van der Waals surface area contributed by atoms with Gasteiger partial charge in [0, 0.05) is 23.5 Å². The maximum Gasteiger partial charge on any atom is 0.274 e. The molecule has 1 aliphatic rings. The van der Waals surface area contributed by atoms with Crippen molar-refractivity contribution in [2.75, 3.05) is 11.9 Å². The summed E-state index contributed by atoms with van der Waals surface area (Å²) < 4.78 is 5.36. The van der Waals surface area contributed by atoms with Gasteiger partial charge in [-0.05, 0) is 56.2 Å². The van der Waals surface area contributed by atoms with Crippen molar-refractivity contribution in [3.05, 3.63) is 53.9 Å². The Kier molecular flexibility index (Phi) is 4.74. The number of hydrogen-bond acceptors (Lipinski definition) is 4. The van der Waals surface area contributed by atoms with Crippen LogP contribution < -0.4 is 15.4 Å².